The fraction of sp³-hybridized carbons (Fsp3) is 0.857. The van der Waals surface area contributed by atoms with E-state index in [0.29, 0.717) is 11.3 Å². The lowest BCUT2D eigenvalue weighted by molar-refractivity contribution is 0.464. The molecule has 0 aliphatic heterocycles. The maximum Gasteiger partial charge on any atom is 0.343 e. The maximum absolute atomic E-state index is 11.7. The van der Waals surface area contributed by atoms with Crippen LogP contribution in [0.4, 0.5) is 0 Å². The van der Waals surface area contributed by atoms with Crippen LogP contribution in [0.25, 0.3) is 0 Å². The standard InChI is InChI=1S/C14H28N4OS/c1-5-9-11(15-8-4)12(7-3)20-14-17-16-13(19)18(14)10-6-2/h11-12,15H,5-10H2,1-4H3,(H,16,19). The first-order valence-corrected chi connectivity index (χ1v) is 8.60. The number of nitrogens with zero attached hydrogens (tertiary/aromatic N) is 2. The van der Waals surface area contributed by atoms with Gasteiger partial charge in [0.05, 0.1) is 0 Å². The van der Waals surface area contributed by atoms with Gasteiger partial charge in [0.1, 0.15) is 0 Å². The lowest BCUT2D eigenvalue weighted by atomic mass is 10.1. The summed E-state index contributed by atoms with van der Waals surface area (Å²) in [6.07, 6.45) is 4.32. The Bertz CT molecular complexity index is 423. The predicted octanol–water partition coefficient (Wildman–Crippen LogP) is 2.63. The number of nitrogens with one attached hydrogen (secondary N) is 2. The second-order valence-corrected chi connectivity index (χ2v) is 6.19. The van der Waals surface area contributed by atoms with E-state index in [4.69, 9.17) is 0 Å². The molecule has 6 heteroatoms. The predicted molar refractivity (Wildman–Crippen MR) is 85.4 cm³/mol. The van der Waals surface area contributed by atoms with Crippen LogP contribution < -0.4 is 11.0 Å². The highest BCUT2D eigenvalue weighted by Crippen LogP contribution is 2.27. The molecular formula is C14H28N4OS. The number of H-pyrrole nitrogens is 1. The molecule has 0 bridgehead atoms. The van der Waals surface area contributed by atoms with Gasteiger partial charge in [0.25, 0.3) is 0 Å². The van der Waals surface area contributed by atoms with Crippen LogP contribution in [0.2, 0.25) is 0 Å². The molecule has 0 saturated carbocycles. The van der Waals surface area contributed by atoms with Crippen molar-refractivity contribution in [2.75, 3.05) is 6.54 Å². The number of aromatic nitrogens is 3. The van der Waals surface area contributed by atoms with E-state index in [-0.39, 0.29) is 5.69 Å². The SMILES string of the molecule is CCCC(NCC)C(CC)Sc1n[nH]c(=O)n1CCC. The van der Waals surface area contributed by atoms with Crippen molar-refractivity contribution >= 4 is 11.8 Å². The molecule has 2 atom stereocenters. The Kier molecular flexibility index (Phi) is 7.99. The Balaban J connectivity index is 2.83. The quantitative estimate of drug-likeness (QED) is 0.652. The lowest BCUT2D eigenvalue weighted by Crippen LogP contribution is -2.38. The highest BCUT2D eigenvalue weighted by atomic mass is 32.2. The molecule has 5 nitrogen and oxygen atoms in total. The van der Waals surface area contributed by atoms with Crippen molar-refractivity contribution in [2.24, 2.45) is 0 Å². The summed E-state index contributed by atoms with van der Waals surface area (Å²) in [5.74, 6) is 0. The second-order valence-electron chi connectivity index (χ2n) is 4.98. The summed E-state index contributed by atoms with van der Waals surface area (Å²) in [7, 11) is 0. The van der Waals surface area contributed by atoms with Crippen LogP contribution in [0.3, 0.4) is 0 Å². The van der Waals surface area contributed by atoms with Crippen LogP contribution in [0.5, 0.6) is 0 Å². The molecule has 0 fully saturated rings. The zero-order valence-corrected chi connectivity index (χ0v) is 13.9. The third-order valence-corrected chi connectivity index (χ3v) is 4.83. The van der Waals surface area contributed by atoms with E-state index >= 15 is 0 Å². The molecule has 0 spiro atoms. The van der Waals surface area contributed by atoms with Crippen LogP contribution in [0.1, 0.15) is 53.4 Å². The minimum Gasteiger partial charge on any atom is -0.313 e. The summed E-state index contributed by atoms with van der Waals surface area (Å²) < 4.78 is 1.75. The minimum absolute atomic E-state index is 0.0975. The third-order valence-electron chi connectivity index (χ3n) is 3.34. The first-order valence-electron chi connectivity index (χ1n) is 7.73. The first kappa shape index (κ1) is 17.3. The molecule has 2 N–H and O–H groups in total. The molecule has 1 heterocycles. The summed E-state index contributed by atoms with van der Waals surface area (Å²) in [5.41, 5.74) is -0.0975. The van der Waals surface area contributed by atoms with Gasteiger partial charge in [-0.25, -0.2) is 9.89 Å². The van der Waals surface area contributed by atoms with Crippen LogP contribution in [-0.4, -0.2) is 32.6 Å². The Morgan fingerprint density at radius 2 is 2.05 bits per heavy atom. The van der Waals surface area contributed by atoms with Crippen molar-refractivity contribution in [1.29, 1.82) is 0 Å². The summed E-state index contributed by atoms with van der Waals surface area (Å²) >= 11 is 1.72. The molecule has 2 unspecified atom stereocenters. The molecule has 0 radical (unpaired) electrons. The van der Waals surface area contributed by atoms with Gasteiger partial charge in [-0.3, -0.25) is 4.57 Å². The third kappa shape index (κ3) is 4.66. The van der Waals surface area contributed by atoms with Crippen molar-refractivity contribution in [3.63, 3.8) is 0 Å². The number of hydrogen-bond acceptors (Lipinski definition) is 4. The largest absolute Gasteiger partial charge is 0.343 e. The number of thioether (sulfide) groups is 1. The fourth-order valence-corrected chi connectivity index (χ4v) is 3.63. The van der Waals surface area contributed by atoms with Crippen molar-refractivity contribution in [2.45, 2.75) is 76.4 Å². The van der Waals surface area contributed by atoms with Crippen LogP contribution in [0.15, 0.2) is 9.95 Å². The van der Waals surface area contributed by atoms with Crippen molar-refractivity contribution in [3.05, 3.63) is 10.5 Å². The zero-order chi connectivity index (χ0) is 15.0. The Morgan fingerprint density at radius 3 is 2.60 bits per heavy atom. The van der Waals surface area contributed by atoms with E-state index in [0.717, 1.165) is 43.9 Å². The van der Waals surface area contributed by atoms with Gasteiger partial charge in [-0.2, -0.15) is 0 Å². The van der Waals surface area contributed by atoms with E-state index in [1.807, 2.05) is 0 Å². The van der Waals surface area contributed by atoms with Gasteiger partial charge in [-0.1, -0.05) is 45.9 Å². The normalized spacial score (nSPS) is 14.4. The van der Waals surface area contributed by atoms with Gasteiger partial charge in [0.15, 0.2) is 5.16 Å². The molecule has 20 heavy (non-hydrogen) atoms. The van der Waals surface area contributed by atoms with Gasteiger partial charge < -0.3 is 5.32 Å². The van der Waals surface area contributed by atoms with Gasteiger partial charge >= 0.3 is 5.69 Å². The average Bonchev–Trinajstić information content (AvgIpc) is 2.78. The molecular weight excluding hydrogens is 272 g/mol. The molecule has 1 aromatic rings. The van der Waals surface area contributed by atoms with E-state index < -0.39 is 0 Å². The molecule has 1 rings (SSSR count). The topological polar surface area (TPSA) is 62.7 Å². The molecule has 116 valence electrons. The van der Waals surface area contributed by atoms with Crippen molar-refractivity contribution < 1.29 is 0 Å². The summed E-state index contributed by atoms with van der Waals surface area (Å²) in [4.78, 5) is 11.7. The molecule has 0 aromatic carbocycles. The van der Waals surface area contributed by atoms with Crippen LogP contribution in [0, 0.1) is 0 Å². The van der Waals surface area contributed by atoms with Gasteiger partial charge in [-0.05, 0) is 25.8 Å². The summed E-state index contributed by atoms with van der Waals surface area (Å²) in [6.45, 7) is 10.3. The fourth-order valence-electron chi connectivity index (χ4n) is 2.39. The minimum atomic E-state index is -0.0975. The first-order chi connectivity index (χ1) is 9.67. The van der Waals surface area contributed by atoms with Crippen LogP contribution >= 0.6 is 11.8 Å². The molecule has 0 amide bonds. The molecule has 0 aliphatic carbocycles. The maximum atomic E-state index is 11.7. The van der Waals surface area contributed by atoms with E-state index in [1.54, 1.807) is 16.3 Å². The number of aromatic amines is 1. The van der Waals surface area contributed by atoms with Gasteiger partial charge in [-0.15, -0.1) is 5.10 Å². The number of rotatable bonds is 10. The van der Waals surface area contributed by atoms with Gasteiger partial charge in [0.2, 0.25) is 0 Å². The molecule has 1 aromatic heterocycles. The Labute approximate surface area is 125 Å². The Hall–Kier alpha value is -0.750. The van der Waals surface area contributed by atoms with E-state index in [1.165, 1.54) is 0 Å². The van der Waals surface area contributed by atoms with Crippen molar-refractivity contribution in [3.8, 4) is 0 Å². The number of hydrogen-bond donors (Lipinski definition) is 2. The average molecular weight is 300 g/mol. The lowest BCUT2D eigenvalue weighted by Gasteiger charge is -2.25. The van der Waals surface area contributed by atoms with E-state index in [9.17, 15) is 4.79 Å². The van der Waals surface area contributed by atoms with Gasteiger partial charge in [0, 0.05) is 17.8 Å². The van der Waals surface area contributed by atoms with Crippen LogP contribution in [-0.2, 0) is 6.54 Å². The molecule has 0 saturated heterocycles. The summed E-state index contributed by atoms with van der Waals surface area (Å²) in [6, 6.07) is 0.474. The smallest absolute Gasteiger partial charge is 0.313 e. The van der Waals surface area contributed by atoms with E-state index in [2.05, 4.69) is 43.2 Å². The summed E-state index contributed by atoms with van der Waals surface area (Å²) in [5, 5.41) is 11.6. The highest BCUT2D eigenvalue weighted by Gasteiger charge is 2.22. The Morgan fingerprint density at radius 1 is 1.30 bits per heavy atom. The molecule has 0 aliphatic rings. The zero-order valence-electron chi connectivity index (χ0n) is 13.1. The van der Waals surface area contributed by atoms with Crippen molar-refractivity contribution in [1.82, 2.24) is 20.1 Å². The second kappa shape index (κ2) is 9.23. The highest BCUT2D eigenvalue weighted by molar-refractivity contribution is 7.99. The monoisotopic (exact) mass is 300 g/mol.